The number of hydrogen-bond acceptors (Lipinski definition) is 5. The Morgan fingerprint density at radius 2 is 1.55 bits per heavy atom. The number of aryl methyl sites for hydroxylation is 1. The molecule has 0 saturated carbocycles. The predicted molar refractivity (Wildman–Crippen MR) is 111 cm³/mol. The number of carbonyl (C=O) groups excluding carboxylic acids is 1. The molecule has 0 aromatic heterocycles. The highest BCUT2D eigenvalue weighted by Gasteiger charge is 2.21. The van der Waals surface area contributed by atoms with Gasteiger partial charge in [0.25, 0.3) is 10.0 Å². The van der Waals surface area contributed by atoms with Gasteiger partial charge in [0.05, 0.1) is 23.3 Å². The van der Waals surface area contributed by atoms with Crippen LogP contribution in [-0.4, -0.2) is 28.5 Å². The van der Waals surface area contributed by atoms with Crippen LogP contribution in [0.1, 0.15) is 15.9 Å². The largest absolute Gasteiger partial charge is 0.497 e. The highest BCUT2D eigenvalue weighted by molar-refractivity contribution is 7.92. The average Bonchev–Trinajstić information content (AvgIpc) is 2.74. The number of anilines is 1. The third-order valence-electron chi connectivity index (χ3n) is 4.40. The van der Waals surface area contributed by atoms with Gasteiger partial charge in [-0.1, -0.05) is 23.8 Å². The number of methoxy groups -OCH3 is 1. The first-order valence-electron chi connectivity index (χ1n) is 8.83. The third kappa shape index (κ3) is 4.57. The minimum atomic E-state index is -3.68. The van der Waals surface area contributed by atoms with E-state index in [9.17, 15) is 13.2 Å². The molecule has 150 valence electrons. The second-order valence-electron chi connectivity index (χ2n) is 6.40. The number of esters is 1. The van der Waals surface area contributed by atoms with Crippen molar-refractivity contribution in [1.82, 2.24) is 0 Å². The zero-order chi connectivity index (χ0) is 21.0. The molecule has 0 aliphatic rings. The Morgan fingerprint density at radius 3 is 2.17 bits per heavy atom. The van der Waals surface area contributed by atoms with Crippen molar-refractivity contribution in [3.05, 3.63) is 83.9 Å². The second kappa shape index (κ2) is 8.36. The van der Waals surface area contributed by atoms with Crippen LogP contribution in [0.4, 0.5) is 5.69 Å². The van der Waals surface area contributed by atoms with Crippen LogP contribution >= 0.6 is 0 Å². The Balaban J connectivity index is 1.75. The summed E-state index contributed by atoms with van der Waals surface area (Å²) in [6.45, 7) is 1.89. The van der Waals surface area contributed by atoms with E-state index in [1.807, 2.05) is 6.92 Å². The smallest absolute Gasteiger partial charge is 0.343 e. The van der Waals surface area contributed by atoms with Gasteiger partial charge in [-0.25, -0.2) is 13.2 Å². The fourth-order valence-electron chi connectivity index (χ4n) is 2.65. The van der Waals surface area contributed by atoms with Crippen LogP contribution in [0.15, 0.2) is 77.7 Å². The van der Waals surface area contributed by atoms with Crippen molar-refractivity contribution in [2.75, 3.05) is 18.5 Å². The summed E-state index contributed by atoms with van der Waals surface area (Å²) in [6, 6.07) is 19.6. The van der Waals surface area contributed by atoms with Crippen molar-refractivity contribution in [2.24, 2.45) is 0 Å². The number of ether oxygens (including phenoxy) is 2. The van der Waals surface area contributed by atoms with E-state index in [4.69, 9.17) is 9.47 Å². The molecule has 0 fully saturated rings. The maximum Gasteiger partial charge on any atom is 0.343 e. The quantitative estimate of drug-likeness (QED) is 0.452. The lowest BCUT2D eigenvalue weighted by Crippen LogP contribution is -2.26. The van der Waals surface area contributed by atoms with Gasteiger partial charge in [0, 0.05) is 7.05 Å². The minimum absolute atomic E-state index is 0.208. The van der Waals surface area contributed by atoms with Gasteiger partial charge in [-0.2, -0.15) is 0 Å². The van der Waals surface area contributed by atoms with Gasteiger partial charge >= 0.3 is 5.97 Å². The molecule has 0 N–H and O–H groups in total. The predicted octanol–water partition coefficient (Wildman–Crippen LogP) is 4.05. The third-order valence-corrected chi connectivity index (χ3v) is 6.20. The number of benzene rings is 3. The fourth-order valence-corrected chi connectivity index (χ4v) is 3.84. The summed E-state index contributed by atoms with van der Waals surface area (Å²) >= 11 is 0. The molecule has 0 spiro atoms. The molecule has 6 nitrogen and oxygen atoms in total. The van der Waals surface area contributed by atoms with Crippen LogP contribution < -0.4 is 13.8 Å². The Kier molecular flexibility index (Phi) is 5.89. The fraction of sp³-hybridized carbons (Fsp3) is 0.136. The van der Waals surface area contributed by atoms with Gasteiger partial charge in [-0.3, -0.25) is 4.31 Å². The lowest BCUT2D eigenvalue weighted by atomic mass is 10.2. The molecule has 0 atom stereocenters. The lowest BCUT2D eigenvalue weighted by Gasteiger charge is -2.20. The number of sulfonamides is 1. The van der Waals surface area contributed by atoms with Crippen molar-refractivity contribution in [1.29, 1.82) is 0 Å². The van der Waals surface area contributed by atoms with Crippen LogP contribution in [-0.2, 0) is 10.0 Å². The molecule has 3 aromatic rings. The van der Waals surface area contributed by atoms with Gasteiger partial charge in [0.1, 0.15) is 11.5 Å². The van der Waals surface area contributed by atoms with E-state index in [0.29, 0.717) is 22.7 Å². The van der Waals surface area contributed by atoms with Gasteiger partial charge in [-0.05, 0) is 61.5 Å². The normalized spacial score (nSPS) is 11.0. The summed E-state index contributed by atoms with van der Waals surface area (Å²) in [6.07, 6.45) is 0. The number of hydrogen-bond donors (Lipinski definition) is 0. The van der Waals surface area contributed by atoms with Crippen LogP contribution in [0.2, 0.25) is 0 Å². The van der Waals surface area contributed by atoms with Crippen molar-refractivity contribution in [3.63, 3.8) is 0 Å². The molecule has 0 heterocycles. The number of rotatable bonds is 6. The minimum Gasteiger partial charge on any atom is -0.497 e. The molecule has 0 amide bonds. The van der Waals surface area contributed by atoms with Crippen molar-refractivity contribution in [3.8, 4) is 11.5 Å². The summed E-state index contributed by atoms with van der Waals surface area (Å²) in [5.41, 5.74) is 1.79. The second-order valence-corrected chi connectivity index (χ2v) is 8.37. The molecule has 0 radical (unpaired) electrons. The van der Waals surface area contributed by atoms with E-state index < -0.39 is 16.0 Å². The molecular weight excluding hydrogens is 390 g/mol. The first-order valence-corrected chi connectivity index (χ1v) is 10.3. The van der Waals surface area contributed by atoms with E-state index in [-0.39, 0.29) is 4.90 Å². The summed E-state index contributed by atoms with van der Waals surface area (Å²) in [7, 11) is -0.687. The van der Waals surface area contributed by atoms with Gasteiger partial charge in [0.15, 0.2) is 0 Å². The highest BCUT2D eigenvalue weighted by Crippen LogP contribution is 2.25. The molecule has 3 rings (SSSR count). The SMILES string of the molecule is COc1cccc(C(=O)Oc2ccc(N(C)S(=O)(=O)c3ccc(C)cc3)cc2)c1. The Bertz CT molecular complexity index is 1110. The highest BCUT2D eigenvalue weighted by atomic mass is 32.2. The molecule has 0 unspecified atom stereocenters. The van der Waals surface area contributed by atoms with Gasteiger partial charge in [0.2, 0.25) is 0 Å². The van der Waals surface area contributed by atoms with Crippen molar-refractivity contribution >= 4 is 21.7 Å². The van der Waals surface area contributed by atoms with Crippen LogP contribution in [0, 0.1) is 6.92 Å². The summed E-state index contributed by atoms with van der Waals surface area (Å²) in [5, 5.41) is 0. The average molecular weight is 411 g/mol. The standard InChI is InChI=1S/C22H21NO5S/c1-16-7-13-21(14-8-16)29(25,26)23(2)18-9-11-19(12-10-18)28-22(24)17-5-4-6-20(15-17)27-3/h4-15H,1-3H3. The molecule has 29 heavy (non-hydrogen) atoms. The lowest BCUT2D eigenvalue weighted by molar-refractivity contribution is 0.0734. The van der Waals surface area contributed by atoms with E-state index in [0.717, 1.165) is 5.56 Å². The summed E-state index contributed by atoms with van der Waals surface area (Å²) < 4.78 is 37.2. The van der Waals surface area contributed by atoms with E-state index in [1.54, 1.807) is 72.8 Å². The summed E-state index contributed by atoms with van der Waals surface area (Å²) in [5.74, 6) is 0.331. The maximum absolute atomic E-state index is 12.8. The zero-order valence-electron chi connectivity index (χ0n) is 16.3. The van der Waals surface area contributed by atoms with E-state index in [2.05, 4.69) is 0 Å². The molecule has 0 aliphatic carbocycles. The molecular formula is C22H21NO5S. The van der Waals surface area contributed by atoms with Gasteiger partial charge < -0.3 is 9.47 Å². The van der Waals surface area contributed by atoms with Crippen LogP contribution in [0.25, 0.3) is 0 Å². The first-order chi connectivity index (χ1) is 13.8. The zero-order valence-corrected chi connectivity index (χ0v) is 17.1. The van der Waals surface area contributed by atoms with E-state index >= 15 is 0 Å². The first kappa shape index (κ1) is 20.4. The Labute approximate surface area is 170 Å². The number of nitrogens with zero attached hydrogens (tertiary/aromatic N) is 1. The molecule has 0 saturated heterocycles. The molecule has 0 bridgehead atoms. The number of carbonyl (C=O) groups is 1. The summed E-state index contributed by atoms with van der Waals surface area (Å²) in [4.78, 5) is 12.5. The van der Waals surface area contributed by atoms with Crippen molar-refractivity contribution in [2.45, 2.75) is 11.8 Å². The topological polar surface area (TPSA) is 72.9 Å². The Hall–Kier alpha value is -3.32. The van der Waals surface area contributed by atoms with Crippen molar-refractivity contribution < 1.29 is 22.7 Å². The Morgan fingerprint density at radius 1 is 0.897 bits per heavy atom. The van der Waals surface area contributed by atoms with Crippen LogP contribution in [0.5, 0.6) is 11.5 Å². The maximum atomic E-state index is 12.8. The van der Waals surface area contributed by atoms with Crippen LogP contribution in [0.3, 0.4) is 0 Å². The molecule has 3 aromatic carbocycles. The molecule has 7 heteroatoms. The van der Waals surface area contributed by atoms with Gasteiger partial charge in [-0.15, -0.1) is 0 Å². The van der Waals surface area contributed by atoms with E-state index in [1.165, 1.54) is 18.5 Å². The molecule has 0 aliphatic heterocycles. The monoisotopic (exact) mass is 411 g/mol.